The van der Waals surface area contributed by atoms with E-state index in [1.54, 1.807) is 25.1 Å². The zero-order valence-electron chi connectivity index (χ0n) is 20.4. The van der Waals surface area contributed by atoms with E-state index in [1.165, 1.54) is 48.5 Å². The number of ether oxygens (including phenoxy) is 2. The topological polar surface area (TPSA) is 107 Å². The molecule has 10 heteroatoms. The van der Waals surface area contributed by atoms with Crippen molar-refractivity contribution in [2.75, 3.05) is 11.5 Å². The quantitative estimate of drug-likeness (QED) is 0.253. The third-order valence-corrected chi connectivity index (χ3v) is 8.17. The molecular weight excluding hydrogens is 545 g/mol. The normalized spacial score (nSPS) is 22.9. The first-order valence-electron chi connectivity index (χ1n) is 12.2. The highest BCUT2D eigenvalue weighted by molar-refractivity contribution is 6.42. The highest BCUT2D eigenvalue weighted by atomic mass is 35.5. The Labute approximate surface area is 232 Å². The Kier molecular flexibility index (Phi) is 5.95. The Morgan fingerprint density at radius 2 is 1.54 bits per heavy atom. The number of ketones is 2. The molecule has 1 aliphatic carbocycles. The third-order valence-electron chi connectivity index (χ3n) is 7.43. The number of fused-ring (bicyclic) bond motifs is 3. The van der Waals surface area contributed by atoms with Crippen LogP contribution in [0.25, 0.3) is 0 Å². The van der Waals surface area contributed by atoms with Gasteiger partial charge >= 0.3 is 5.97 Å². The van der Waals surface area contributed by atoms with Gasteiger partial charge in [-0.3, -0.25) is 19.2 Å². The lowest BCUT2D eigenvalue weighted by molar-refractivity contribution is -0.127. The first-order valence-corrected chi connectivity index (χ1v) is 12.9. The molecule has 2 amide bonds. The van der Waals surface area contributed by atoms with Gasteiger partial charge in [-0.1, -0.05) is 53.5 Å². The summed E-state index contributed by atoms with van der Waals surface area (Å²) in [6.07, 6.45) is -1.13. The lowest BCUT2D eigenvalue weighted by atomic mass is 9.77. The number of anilines is 1. The fourth-order valence-electron chi connectivity index (χ4n) is 5.72. The standard InChI is InChI=1S/C29H19Cl2NO7/c1-2-38-28(37)14-7-10-16(11-8-14)32-26(35)21-22(27(32)36)29(24(33)17-5-3-4-6-18(17)25(29)34)39-23(21)15-9-12-19(30)20(31)13-15/h3-13,21-23H,2H2,1H3. The van der Waals surface area contributed by atoms with Crippen LogP contribution < -0.4 is 4.90 Å². The van der Waals surface area contributed by atoms with Crippen molar-refractivity contribution in [3.8, 4) is 0 Å². The third kappa shape index (κ3) is 3.52. The zero-order valence-corrected chi connectivity index (χ0v) is 21.9. The van der Waals surface area contributed by atoms with Gasteiger partial charge in [-0.25, -0.2) is 9.69 Å². The maximum absolute atomic E-state index is 14.0. The summed E-state index contributed by atoms with van der Waals surface area (Å²) in [4.78, 5) is 68.6. The van der Waals surface area contributed by atoms with Gasteiger partial charge in [0.2, 0.25) is 29.0 Å². The first kappa shape index (κ1) is 25.4. The minimum Gasteiger partial charge on any atom is -0.462 e. The number of carbonyl (C=O) groups excluding carboxylic acids is 5. The molecule has 3 atom stereocenters. The van der Waals surface area contributed by atoms with E-state index in [-0.39, 0.29) is 39.0 Å². The van der Waals surface area contributed by atoms with E-state index in [2.05, 4.69) is 0 Å². The van der Waals surface area contributed by atoms with Gasteiger partial charge in [0.1, 0.15) is 0 Å². The van der Waals surface area contributed by atoms with Crippen LogP contribution in [-0.2, 0) is 19.1 Å². The molecule has 1 spiro atoms. The predicted octanol–water partition coefficient (Wildman–Crippen LogP) is 4.87. The smallest absolute Gasteiger partial charge is 0.338 e. The summed E-state index contributed by atoms with van der Waals surface area (Å²) in [6.45, 7) is 1.87. The molecule has 3 aromatic rings. The molecule has 3 aliphatic rings. The number of benzene rings is 3. The summed E-state index contributed by atoms with van der Waals surface area (Å²) < 4.78 is 11.2. The molecular formula is C29H19Cl2NO7. The van der Waals surface area contributed by atoms with E-state index in [4.69, 9.17) is 32.7 Å². The minimum absolute atomic E-state index is 0.133. The maximum Gasteiger partial charge on any atom is 0.338 e. The molecule has 196 valence electrons. The predicted molar refractivity (Wildman–Crippen MR) is 140 cm³/mol. The van der Waals surface area contributed by atoms with Crippen molar-refractivity contribution in [1.82, 2.24) is 0 Å². The zero-order chi connectivity index (χ0) is 27.6. The van der Waals surface area contributed by atoms with Gasteiger partial charge in [-0.2, -0.15) is 0 Å². The van der Waals surface area contributed by atoms with Crippen LogP contribution in [0, 0.1) is 11.8 Å². The Morgan fingerprint density at radius 3 is 2.13 bits per heavy atom. The number of nitrogens with zero attached hydrogens (tertiary/aromatic N) is 1. The van der Waals surface area contributed by atoms with Gasteiger partial charge in [0.25, 0.3) is 0 Å². The van der Waals surface area contributed by atoms with Crippen LogP contribution in [0.3, 0.4) is 0 Å². The number of hydrogen-bond donors (Lipinski definition) is 0. The molecule has 0 radical (unpaired) electrons. The van der Waals surface area contributed by atoms with E-state index in [0.717, 1.165) is 4.90 Å². The Morgan fingerprint density at radius 1 is 0.897 bits per heavy atom. The van der Waals surface area contributed by atoms with Crippen molar-refractivity contribution in [1.29, 1.82) is 0 Å². The summed E-state index contributed by atoms with van der Waals surface area (Å²) in [5, 5.41) is 0.452. The highest BCUT2D eigenvalue weighted by Crippen LogP contribution is 2.58. The highest BCUT2D eigenvalue weighted by Gasteiger charge is 2.74. The van der Waals surface area contributed by atoms with Gasteiger partial charge in [0.05, 0.1) is 45.8 Å². The largest absolute Gasteiger partial charge is 0.462 e. The molecule has 2 fully saturated rings. The summed E-state index contributed by atoms with van der Waals surface area (Å²) in [5.41, 5.74) is -1.12. The number of carbonyl (C=O) groups is 5. The van der Waals surface area contributed by atoms with Gasteiger partial charge in [0.15, 0.2) is 0 Å². The van der Waals surface area contributed by atoms with Crippen LogP contribution in [-0.4, -0.2) is 41.6 Å². The van der Waals surface area contributed by atoms with E-state index in [0.29, 0.717) is 5.56 Å². The van der Waals surface area contributed by atoms with Crippen LogP contribution in [0.2, 0.25) is 10.0 Å². The molecule has 2 aliphatic heterocycles. The van der Waals surface area contributed by atoms with E-state index in [1.807, 2.05) is 0 Å². The van der Waals surface area contributed by atoms with Crippen molar-refractivity contribution >= 4 is 58.2 Å². The van der Waals surface area contributed by atoms with E-state index >= 15 is 0 Å². The molecule has 3 aromatic carbocycles. The molecule has 6 rings (SSSR count). The number of rotatable bonds is 4. The average Bonchev–Trinajstić information content (AvgIpc) is 3.50. The van der Waals surface area contributed by atoms with Crippen LogP contribution >= 0.6 is 23.2 Å². The van der Waals surface area contributed by atoms with Crippen LogP contribution in [0.15, 0.2) is 66.7 Å². The summed E-state index contributed by atoms with van der Waals surface area (Å²) >= 11 is 12.3. The van der Waals surface area contributed by atoms with Crippen LogP contribution in [0.4, 0.5) is 5.69 Å². The lowest BCUT2D eigenvalue weighted by Crippen LogP contribution is -2.51. The van der Waals surface area contributed by atoms with Crippen molar-refractivity contribution in [2.24, 2.45) is 11.8 Å². The molecule has 0 saturated carbocycles. The number of halogens is 2. The van der Waals surface area contributed by atoms with Crippen molar-refractivity contribution in [3.63, 3.8) is 0 Å². The summed E-state index contributed by atoms with van der Waals surface area (Å²) in [6, 6.07) is 16.6. The minimum atomic E-state index is -2.21. The fraction of sp³-hybridized carbons (Fsp3) is 0.207. The summed E-state index contributed by atoms with van der Waals surface area (Å²) in [5.74, 6) is -5.87. The number of amides is 2. The van der Waals surface area contributed by atoms with E-state index in [9.17, 15) is 24.0 Å². The van der Waals surface area contributed by atoms with Crippen molar-refractivity contribution < 1.29 is 33.4 Å². The second-order valence-electron chi connectivity index (χ2n) is 9.43. The molecule has 2 heterocycles. The Balaban J connectivity index is 1.48. The Bertz CT molecular complexity index is 1560. The summed E-state index contributed by atoms with van der Waals surface area (Å²) in [7, 11) is 0. The van der Waals surface area contributed by atoms with Gasteiger partial charge in [-0.05, 0) is 48.9 Å². The lowest BCUT2D eigenvalue weighted by Gasteiger charge is -2.27. The van der Waals surface area contributed by atoms with Crippen LogP contribution in [0.5, 0.6) is 0 Å². The number of imide groups is 1. The van der Waals surface area contributed by atoms with Crippen molar-refractivity contribution in [2.45, 2.75) is 18.6 Å². The van der Waals surface area contributed by atoms with Gasteiger partial charge in [0, 0.05) is 11.1 Å². The molecule has 0 N–H and O–H groups in total. The number of hydrogen-bond acceptors (Lipinski definition) is 7. The Hall–Kier alpha value is -3.85. The first-order chi connectivity index (χ1) is 18.7. The molecule has 0 bridgehead atoms. The average molecular weight is 564 g/mol. The van der Waals surface area contributed by atoms with Crippen molar-refractivity contribution in [3.05, 3.63) is 99.0 Å². The van der Waals surface area contributed by atoms with E-state index < -0.39 is 52.9 Å². The molecule has 0 aromatic heterocycles. The molecule has 8 nitrogen and oxygen atoms in total. The SMILES string of the molecule is CCOC(=O)c1ccc(N2C(=O)C3C(c4ccc(Cl)c(Cl)c4)OC4(C(=O)c5ccccc5C4=O)C3C2=O)cc1. The van der Waals surface area contributed by atoms with Gasteiger partial charge in [-0.15, -0.1) is 0 Å². The molecule has 2 saturated heterocycles. The number of esters is 1. The number of Topliss-reactive ketones (excluding diaryl/α,β-unsaturated/α-hetero) is 2. The molecule has 3 unspecified atom stereocenters. The second-order valence-corrected chi connectivity index (χ2v) is 10.2. The monoisotopic (exact) mass is 563 g/mol. The van der Waals surface area contributed by atoms with Gasteiger partial charge < -0.3 is 9.47 Å². The fourth-order valence-corrected chi connectivity index (χ4v) is 6.03. The molecule has 39 heavy (non-hydrogen) atoms. The maximum atomic E-state index is 14.0. The van der Waals surface area contributed by atoms with Crippen LogP contribution in [0.1, 0.15) is 49.7 Å². The second kappa shape index (κ2) is 9.12.